The molecule has 0 radical (unpaired) electrons. The average Bonchev–Trinajstić information content (AvgIpc) is 2.87. The summed E-state index contributed by atoms with van der Waals surface area (Å²) in [4.78, 5) is 2.90. The summed E-state index contributed by atoms with van der Waals surface area (Å²) in [6, 6.07) is 0. The van der Waals surface area contributed by atoms with Crippen LogP contribution in [-0.4, -0.2) is 41.7 Å². The Morgan fingerprint density at radius 2 is 2.12 bits per heavy atom. The normalized spacial score (nSPS) is 27.1. The quantitative estimate of drug-likeness (QED) is 0.764. The molecule has 0 aromatic heterocycles. The van der Waals surface area contributed by atoms with Gasteiger partial charge < -0.3 is 15.4 Å². The number of ether oxygens (including phenoxy) is 1. The molecular formula is C13H24N2OS. The lowest BCUT2D eigenvalue weighted by Crippen LogP contribution is -2.33. The van der Waals surface area contributed by atoms with Crippen molar-refractivity contribution in [3.8, 4) is 0 Å². The van der Waals surface area contributed by atoms with E-state index in [0.717, 1.165) is 19.5 Å². The lowest BCUT2D eigenvalue weighted by molar-refractivity contribution is -0.0448. The number of hydrogen-bond acceptors (Lipinski definition) is 3. The fourth-order valence-corrected chi connectivity index (χ4v) is 3.24. The maximum Gasteiger partial charge on any atom is 0.0740 e. The van der Waals surface area contributed by atoms with E-state index in [-0.39, 0.29) is 5.60 Å². The van der Waals surface area contributed by atoms with E-state index in [4.69, 9.17) is 22.7 Å². The molecule has 1 aliphatic carbocycles. The highest BCUT2D eigenvalue weighted by atomic mass is 32.1. The number of hydrogen-bond donors (Lipinski definition) is 1. The van der Waals surface area contributed by atoms with E-state index in [1.54, 1.807) is 0 Å². The Morgan fingerprint density at radius 1 is 1.41 bits per heavy atom. The third kappa shape index (κ3) is 3.63. The zero-order valence-electron chi connectivity index (χ0n) is 10.8. The molecule has 17 heavy (non-hydrogen) atoms. The second-order valence-corrected chi connectivity index (χ2v) is 6.17. The zero-order valence-corrected chi connectivity index (χ0v) is 11.6. The molecule has 0 aromatic carbocycles. The van der Waals surface area contributed by atoms with Crippen molar-refractivity contribution in [1.29, 1.82) is 0 Å². The molecule has 4 heteroatoms. The molecule has 0 amide bonds. The van der Waals surface area contributed by atoms with Crippen LogP contribution >= 0.6 is 12.2 Å². The summed E-state index contributed by atoms with van der Waals surface area (Å²) >= 11 is 4.90. The third-order valence-corrected chi connectivity index (χ3v) is 4.31. The van der Waals surface area contributed by atoms with Crippen molar-refractivity contribution < 1.29 is 4.74 Å². The predicted molar refractivity (Wildman–Crippen MR) is 74.2 cm³/mol. The molecule has 1 spiro atoms. The smallest absolute Gasteiger partial charge is 0.0740 e. The summed E-state index contributed by atoms with van der Waals surface area (Å²) in [5, 5.41) is 0. The molecule has 2 aliphatic rings. The molecule has 1 aliphatic heterocycles. The van der Waals surface area contributed by atoms with Gasteiger partial charge in [-0.2, -0.15) is 0 Å². The van der Waals surface area contributed by atoms with E-state index in [2.05, 4.69) is 11.9 Å². The fourth-order valence-electron chi connectivity index (χ4n) is 3.15. The molecule has 0 bridgehead atoms. The molecule has 1 saturated carbocycles. The van der Waals surface area contributed by atoms with Crippen molar-refractivity contribution in [2.45, 2.75) is 56.7 Å². The standard InChI is InChI=1S/C13H24N2OS/c1-15(9-5-12(14)17)10-11-4-8-13(16-11)6-2-3-7-13/h11H,2-10H2,1H3,(H2,14,17). The van der Waals surface area contributed by atoms with Crippen molar-refractivity contribution in [1.82, 2.24) is 4.90 Å². The highest BCUT2D eigenvalue weighted by Crippen LogP contribution is 2.43. The van der Waals surface area contributed by atoms with Crippen LogP contribution in [-0.2, 0) is 4.74 Å². The Labute approximate surface area is 110 Å². The highest BCUT2D eigenvalue weighted by Gasteiger charge is 2.42. The topological polar surface area (TPSA) is 38.5 Å². The molecule has 0 aromatic rings. The van der Waals surface area contributed by atoms with Gasteiger partial charge in [-0.1, -0.05) is 25.1 Å². The molecule has 98 valence electrons. The minimum absolute atomic E-state index is 0.259. The number of nitrogens with zero attached hydrogens (tertiary/aromatic N) is 1. The summed E-state index contributed by atoms with van der Waals surface area (Å²) in [5.74, 6) is 0. The summed E-state index contributed by atoms with van der Waals surface area (Å²) in [6.07, 6.45) is 8.97. The first-order chi connectivity index (χ1) is 8.10. The third-order valence-electron chi connectivity index (χ3n) is 4.11. The van der Waals surface area contributed by atoms with Crippen LogP contribution in [0.15, 0.2) is 0 Å². The van der Waals surface area contributed by atoms with E-state index in [9.17, 15) is 0 Å². The van der Waals surface area contributed by atoms with Gasteiger partial charge in [0.25, 0.3) is 0 Å². The summed E-state index contributed by atoms with van der Waals surface area (Å²) in [7, 11) is 2.13. The van der Waals surface area contributed by atoms with Crippen LogP contribution in [0.5, 0.6) is 0 Å². The van der Waals surface area contributed by atoms with Crippen LogP contribution in [0.4, 0.5) is 0 Å². The van der Waals surface area contributed by atoms with Crippen molar-refractivity contribution in [2.24, 2.45) is 5.73 Å². The second-order valence-electron chi connectivity index (χ2n) is 5.65. The van der Waals surface area contributed by atoms with Gasteiger partial charge in [0.15, 0.2) is 0 Å². The average molecular weight is 256 g/mol. The van der Waals surface area contributed by atoms with Gasteiger partial charge in [0.2, 0.25) is 0 Å². The van der Waals surface area contributed by atoms with Crippen molar-refractivity contribution in [3.05, 3.63) is 0 Å². The molecule has 1 heterocycles. The van der Waals surface area contributed by atoms with Gasteiger partial charge in [0.05, 0.1) is 16.7 Å². The van der Waals surface area contributed by atoms with Crippen molar-refractivity contribution in [2.75, 3.05) is 20.1 Å². The Hall–Kier alpha value is -0.190. The maximum absolute atomic E-state index is 6.28. The van der Waals surface area contributed by atoms with E-state index >= 15 is 0 Å². The first kappa shape index (κ1) is 13.2. The van der Waals surface area contributed by atoms with E-state index in [0.29, 0.717) is 11.1 Å². The lowest BCUT2D eigenvalue weighted by Gasteiger charge is -2.26. The molecular weight excluding hydrogens is 232 g/mol. The van der Waals surface area contributed by atoms with Gasteiger partial charge in [-0.15, -0.1) is 0 Å². The van der Waals surface area contributed by atoms with Crippen LogP contribution in [0.25, 0.3) is 0 Å². The minimum Gasteiger partial charge on any atom is -0.393 e. The number of likely N-dealkylation sites (N-methyl/N-ethyl adjacent to an activating group) is 1. The molecule has 1 atom stereocenters. The maximum atomic E-state index is 6.28. The minimum atomic E-state index is 0.259. The van der Waals surface area contributed by atoms with E-state index in [1.165, 1.54) is 38.5 Å². The van der Waals surface area contributed by atoms with Crippen molar-refractivity contribution >= 4 is 17.2 Å². The molecule has 2 fully saturated rings. The second kappa shape index (κ2) is 5.63. The Morgan fingerprint density at radius 3 is 2.76 bits per heavy atom. The van der Waals surface area contributed by atoms with Crippen LogP contribution < -0.4 is 5.73 Å². The van der Waals surface area contributed by atoms with Gasteiger partial charge in [0, 0.05) is 19.5 Å². The van der Waals surface area contributed by atoms with Gasteiger partial charge >= 0.3 is 0 Å². The summed E-state index contributed by atoms with van der Waals surface area (Å²) in [5.41, 5.74) is 5.78. The summed E-state index contributed by atoms with van der Waals surface area (Å²) in [6.45, 7) is 1.96. The largest absolute Gasteiger partial charge is 0.393 e. The van der Waals surface area contributed by atoms with Gasteiger partial charge in [-0.3, -0.25) is 0 Å². The van der Waals surface area contributed by atoms with E-state index in [1.807, 2.05) is 0 Å². The first-order valence-corrected chi connectivity index (χ1v) is 7.15. The number of thiocarbonyl (C=S) groups is 1. The zero-order chi connectivity index (χ0) is 12.3. The highest BCUT2D eigenvalue weighted by molar-refractivity contribution is 7.80. The monoisotopic (exact) mass is 256 g/mol. The van der Waals surface area contributed by atoms with Crippen LogP contribution in [0.1, 0.15) is 44.9 Å². The van der Waals surface area contributed by atoms with Gasteiger partial charge in [-0.25, -0.2) is 0 Å². The fraction of sp³-hybridized carbons (Fsp3) is 0.923. The number of nitrogens with two attached hydrogens (primary N) is 1. The first-order valence-electron chi connectivity index (χ1n) is 6.74. The predicted octanol–water partition coefficient (Wildman–Crippen LogP) is 2.09. The summed E-state index contributed by atoms with van der Waals surface area (Å²) < 4.78 is 6.28. The van der Waals surface area contributed by atoms with Crippen molar-refractivity contribution in [3.63, 3.8) is 0 Å². The van der Waals surface area contributed by atoms with Crippen LogP contribution in [0.3, 0.4) is 0 Å². The SMILES string of the molecule is CN(CCC(N)=S)CC1CCC2(CCCC2)O1. The van der Waals surface area contributed by atoms with Crippen LogP contribution in [0, 0.1) is 0 Å². The lowest BCUT2D eigenvalue weighted by atomic mass is 9.98. The molecule has 1 saturated heterocycles. The van der Waals surface area contributed by atoms with Gasteiger partial charge in [-0.05, 0) is 32.7 Å². The van der Waals surface area contributed by atoms with Crippen LogP contribution in [0.2, 0.25) is 0 Å². The number of rotatable bonds is 5. The van der Waals surface area contributed by atoms with Gasteiger partial charge in [0.1, 0.15) is 0 Å². The van der Waals surface area contributed by atoms with E-state index < -0.39 is 0 Å². The molecule has 1 unspecified atom stereocenters. The molecule has 2 rings (SSSR count). The molecule has 3 nitrogen and oxygen atoms in total. The molecule has 2 N–H and O–H groups in total. The Balaban J connectivity index is 1.71. The Bertz CT molecular complexity index is 277. The Kier molecular flexibility index (Phi) is 4.39.